The molecule has 9 aromatic rings. The van der Waals surface area contributed by atoms with Gasteiger partial charge in [0.1, 0.15) is 5.82 Å². The Morgan fingerprint density at radius 2 is 1.09 bits per heavy atom. The van der Waals surface area contributed by atoms with Gasteiger partial charge >= 0.3 is 0 Å². The van der Waals surface area contributed by atoms with Crippen molar-refractivity contribution in [1.82, 2.24) is 9.55 Å². The summed E-state index contributed by atoms with van der Waals surface area (Å²) in [5.74, 6) is 0.289. The monoisotopic (exact) mass is 577 g/mol. The summed E-state index contributed by atoms with van der Waals surface area (Å²) in [6.07, 6.45) is 0. The number of aromatic nitrogens is 2. The molecule has 1 aromatic heterocycles. The van der Waals surface area contributed by atoms with Crippen LogP contribution in [0, 0.1) is 0 Å². The van der Waals surface area contributed by atoms with Crippen molar-refractivity contribution in [2.75, 3.05) is 0 Å². The van der Waals surface area contributed by atoms with Crippen LogP contribution in [0.15, 0.2) is 170 Å². The first-order valence-corrected chi connectivity index (χ1v) is 15.0. The van der Waals surface area contributed by atoms with Gasteiger partial charge in [0.25, 0.3) is 0 Å². The first-order chi connectivity index (χ1) is 24.4. The maximum Gasteiger partial charge on any atom is 0.145 e. The molecule has 2 heteroatoms. The summed E-state index contributed by atoms with van der Waals surface area (Å²) >= 11 is 0. The standard InChI is InChI=1S/C43H28N2/c1-2-15-30(16-3-1)43-44-38-23-11-13-25-40(38)45(43)39-24-12-10-22-37(39)42-35-20-8-6-18-33(35)41(34-19-7-9-21-36(34)42)32-27-26-29-14-4-5-17-31(29)28-32/h1-28H/i1D,2D,3D,15D,16D. The predicted molar refractivity (Wildman–Crippen MR) is 190 cm³/mol. The Bertz CT molecular complexity index is 2750. The maximum atomic E-state index is 8.87. The highest BCUT2D eigenvalue weighted by Crippen LogP contribution is 2.46. The molecule has 0 unspecified atom stereocenters. The van der Waals surface area contributed by atoms with E-state index in [9.17, 15) is 0 Å². The fourth-order valence-corrected chi connectivity index (χ4v) is 6.75. The van der Waals surface area contributed by atoms with Crippen LogP contribution in [0.4, 0.5) is 0 Å². The Morgan fingerprint density at radius 3 is 1.84 bits per heavy atom. The zero-order valence-electron chi connectivity index (χ0n) is 29.2. The van der Waals surface area contributed by atoms with E-state index in [2.05, 4.69) is 97.1 Å². The van der Waals surface area contributed by atoms with Crippen molar-refractivity contribution < 1.29 is 6.85 Å². The van der Waals surface area contributed by atoms with Crippen LogP contribution in [0.25, 0.3) is 82.7 Å². The quantitative estimate of drug-likeness (QED) is 0.190. The van der Waals surface area contributed by atoms with Crippen LogP contribution < -0.4 is 0 Å². The van der Waals surface area contributed by atoms with Crippen molar-refractivity contribution in [1.29, 1.82) is 0 Å². The molecule has 0 saturated heterocycles. The maximum absolute atomic E-state index is 8.87. The number of rotatable bonds is 4. The largest absolute Gasteiger partial charge is 0.292 e. The van der Waals surface area contributed by atoms with E-state index in [4.69, 9.17) is 11.8 Å². The van der Waals surface area contributed by atoms with E-state index >= 15 is 0 Å². The van der Waals surface area contributed by atoms with Crippen LogP contribution in [0.2, 0.25) is 0 Å². The number of nitrogens with zero attached hydrogens (tertiary/aromatic N) is 2. The van der Waals surface area contributed by atoms with E-state index < -0.39 is 18.1 Å². The Hall–Kier alpha value is -5.99. The molecule has 0 aliphatic rings. The van der Waals surface area contributed by atoms with Crippen molar-refractivity contribution in [3.63, 3.8) is 0 Å². The highest BCUT2D eigenvalue weighted by Gasteiger charge is 2.21. The van der Waals surface area contributed by atoms with Crippen molar-refractivity contribution in [3.05, 3.63) is 170 Å². The topological polar surface area (TPSA) is 17.8 Å². The summed E-state index contributed by atoms with van der Waals surface area (Å²) < 4.78 is 44.8. The first kappa shape index (κ1) is 20.8. The zero-order valence-corrected chi connectivity index (χ0v) is 24.2. The van der Waals surface area contributed by atoms with E-state index in [1.54, 1.807) is 0 Å². The molecule has 8 aromatic carbocycles. The van der Waals surface area contributed by atoms with E-state index in [0.29, 0.717) is 5.52 Å². The number of imidazole rings is 1. The van der Waals surface area contributed by atoms with Crippen LogP contribution in [-0.2, 0) is 0 Å². The third-order valence-corrected chi connectivity index (χ3v) is 8.67. The summed E-state index contributed by atoms with van der Waals surface area (Å²) in [6, 6.07) is 46.0. The van der Waals surface area contributed by atoms with Gasteiger partial charge in [-0.25, -0.2) is 4.98 Å². The minimum Gasteiger partial charge on any atom is -0.292 e. The number of para-hydroxylation sites is 3. The zero-order chi connectivity index (χ0) is 34.1. The molecular formula is C43H28N2. The first-order valence-electron chi connectivity index (χ1n) is 17.5. The lowest BCUT2D eigenvalue weighted by Gasteiger charge is -2.21. The highest BCUT2D eigenvalue weighted by atomic mass is 15.1. The van der Waals surface area contributed by atoms with Gasteiger partial charge in [0.2, 0.25) is 0 Å². The molecule has 210 valence electrons. The minimum absolute atomic E-state index is 0.0587. The molecule has 0 amide bonds. The predicted octanol–water partition coefficient (Wildman–Crippen LogP) is 11.5. The highest BCUT2D eigenvalue weighted by molar-refractivity contribution is 6.22. The summed E-state index contributed by atoms with van der Waals surface area (Å²) in [4.78, 5) is 4.93. The molecule has 1 heterocycles. The molecular weight excluding hydrogens is 544 g/mol. The van der Waals surface area contributed by atoms with Gasteiger partial charge in [-0.1, -0.05) is 145 Å². The number of hydrogen-bond donors (Lipinski definition) is 0. The molecule has 0 N–H and O–H groups in total. The Morgan fingerprint density at radius 1 is 0.489 bits per heavy atom. The Kier molecular flexibility index (Phi) is 4.78. The molecule has 2 nitrogen and oxygen atoms in total. The average Bonchev–Trinajstić information content (AvgIpc) is 3.54. The lowest BCUT2D eigenvalue weighted by molar-refractivity contribution is 1.10. The smallest absolute Gasteiger partial charge is 0.145 e. The van der Waals surface area contributed by atoms with Gasteiger partial charge in [0.05, 0.1) is 23.6 Å². The fourth-order valence-electron chi connectivity index (χ4n) is 6.75. The molecule has 0 spiro atoms. The molecule has 0 saturated carbocycles. The van der Waals surface area contributed by atoms with E-state index in [1.807, 2.05) is 47.0 Å². The van der Waals surface area contributed by atoms with Crippen LogP contribution in [-0.4, -0.2) is 9.55 Å². The van der Waals surface area contributed by atoms with Crippen molar-refractivity contribution in [2.24, 2.45) is 0 Å². The molecule has 0 fully saturated rings. The third kappa shape index (κ3) is 4.07. The summed E-state index contributed by atoms with van der Waals surface area (Å²) in [7, 11) is 0. The lowest BCUT2D eigenvalue weighted by atomic mass is 9.85. The van der Waals surface area contributed by atoms with Crippen molar-refractivity contribution in [3.8, 4) is 39.3 Å². The average molecular weight is 578 g/mol. The van der Waals surface area contributed by atoms with Crippen LogP contribution in [0.3, 0.4) is 0 Å². The van der Waals surface area contributed by atoms with Crippen LogP contribution in [0.5, 0.6) is 0 Å². The van der Waals surface area contributed by atoms with Crippen LogP contribution >= 0.6 is 0 Å². The van der Waals surface area contributed by atoms with E-state index in [-0.39, 0.29) is 23.5 Å². The van der Waals surface area contributed by atoms with Crippen molar-refractivity contribution in [2.45, 2.75) is 0 Å². The Labute approximate surface area is 268 Å². The van der Waals surface area contributed by atoms with Gasteiger partial charge in [0, 0.05) is 11.1 Å². The van der Waals surface area contributed by atoms with E-state index in [0.717, 1.165) is 55.0 Å². The number of fused-ring (bicyclic) bond motifs is 4. The normalized spacial score (nSPS) is 13.1. The summed E-state index contributed by atoms with van der Waals surface area (Å²) in [6.45, 7) is 0. The molecule has 0 aliphatic heterocycles. The molecule has 9 rings (SSSR count). The second kappa shape index (κ2) is 10.3. The minimum atomic E-state index is -0.434. The molecule has 0 atom stereocenters. The van der Waals surface area contributed by atoms with Gasteiger partial charge in [0.15, 0.2) is 0 Å². The molecule has 0 radical (unpaired) electrons. The molecule has 45 heavy (non-hydrogen) atoms. The van der Waals surface area contributed by atoms with Crippen LogP contribution in [0.1, 0.15) is 6.85 Å². The van der Waals surface area contributed by atoms with Gasteiger partial charge in [-0.15, -0.1) is 0 Å². The van der Waals surface area contributed by atoms with Gasteiger partial charge < -0.3 is 0 Å². The SMILES string of the molecule is [2H]c1c([2H])c([2H])c(-c2nc3ccccc3n2-c2ccccc2-c2c3ccccc3c(-c3ccc4ccccc4c3)c3ccccc23)c([2H])c1[2H]. The third-order valence-electron chi connectivity index (χ3n) is 8.67. The van der Waals surface area contributed by atoms with Crippen molar-refractivity contribution >= 4 is 43.4 Å². The van der Waals surface area contributed by atoms with Gasteiger partial charge in [-0.2, -0.15) is 0 Å². The summed E-state index contributed by atoms with van der Waals surface area (Å²) in [5.41, 5.74) is 6.55. The number of benzene rings is 8. The van der Waals surface area contributed by atoms with Gasteiger partial charge in [-0.05, 0) is 73.3 Å². The lowest BCUT2D eigenvalue weighted by Crippen LogP contribution is -2.01. The molecule has 0 bridgehead atoms. The second-order valence-electron chi connectivity index (χ2n) is 11.2. The molecule has 0 aliphatic carbocycles. The number of hydrogen-bond acceptors (Lipinski definition) is 1. The fraction of sp³-hybridized carbons (Fsp3) is 0. The van der Waals surface area contributed by atoms with Gasteiger partial charge in [-0.3, -0.25) is 4.57 Å². The van der Waals surface area contributed by atoms with E-state index in [1.165, 1.54) is 10.8 Å². The summed E-state index contributed by atoms with van der Waals surface area (Å²) in [5, 5.41) is 6.77. The second-order valence-corrected chi connectivity index (χ2v) is 11.2. The Balaban J connectivity index is 1.39.